The van der Waals surface area contributed by atoms with E-state index < -0.39 is 5.54 Å². The first kappa shape index (κ1) is 13.4. The Morgan fingerprint density at radius 3 is 2.67 bits per heavy atom. The number of carbonyl (C=O) groups excluding carboxylic acids is 1. The van der Waals surface area contributed by atoms with Gasteiger partial charge in [0.25, 0.3) is 0 Å². The fraction of sp³-hybridized carbons (Fsp3) is 0.500. The largest absolute Gasteiger partial charge is 0.371 e. The van der Waals surface area contributed by atoms with E-state index in [1.165, 1.54) is 0 Å². The second-order valence-corrected chi connectivity index (χ2v) is 6.01. The molecule has 1 amide bonds. The molecule has 3 nitrogen and oxygen atoms in total. The van der Waals surface area contributed by atoms with Crippen LogP contribution in [0.15, 0.2) is 28.7 Å². The summed E-state index contributed by atoms with van der Waals surface area (Å²) in [5.74, 6) is 0.363. The van der Waals surface area contributed by atoms with E-state index in [0.717, 1.165) is 35.8 Å². The summed E-state index contributed by atoms with van der Waals surface area (Å²) in [6.07, 6.45) is 3.85. The molecule has 0 radical (unpaired) electrons. The Labute approximate surface area is 116 Å². The Hall–Kier alpha value is -1.03. The van der Waals surface area contributed by atoms with Crippen LogP contribution in [0.25, 0.3) is 0 Å². The highest BCUT2D eigenvalue weighted by molar-refractivity contribution is 9.10. The molecule has 0 bridgehead atoms. The Balaban J connectivity index is 2.17. The van der Waals surface area contributed by atoms with Crippen molar-refractivity contribution in [2.45, 2.75) is 38.1 Å². The number of benzene rings is 1. The number of rotatable bonds is 4. The summed E-state index contributed by atoms with van der Waals surface area (Å²) in [7, 11) is 0. The Morgan fingerprint density at radius 2 is 2.17 bits per heavy atom. The minimum atomic E-state index is -0.561. The number of nitrogens with one attached hydrogen (secondary N) is 1. The normalized spacial score (nSPS) is 27.1. The van der Waals surface area contributed by atoms with Gasteiger partial charge in [0, 0.05) is 10.2 Å². The predicted molar refractivity (Wildman–Crippen MR) is 77.3 cm³/mol. The molecule has 0 aromatic heterocycles. The molecule has 2 unspecified atom stereocenters. The van der Waals surface area contributed by atoms with Gasteiger partial charge in [-0.2, -0.15) is 0 Å². The third-order valence-corrected chi connectivity index (χ3v) is 4.42. The van der Waals surface area contributed by atoms with Crippen molar-refractivity contribution in [1.29, 1.82) is 0 Å². The van der Waals surface area contributed by atoms with E-state index in [1.807, 2.05) is 24.3 Å². The zero-order valence-electron chi connectivity index (χ0n) is 10.6. The van der Waals surface area contributed by atoms with Gasteiger partial charge >= 0.3 is 0 Å². The maximum Gasteiger partial charge on any atom is 0.243 e. The third kappa shape index (κ3) is 2.69. The lowest BCUT2D eigenvalue weighted by Gasteiger charge is -2.28. The third-order valence-electron chi connectivity index (χ3n) is 3.89. The molecule has 1 aliphatic rings. The molecule has 4 heteroatoms. The quantitative estimate of drug-likeness (QED) is 0.896. The van der Waals surface area contributed by atoms with Crippen molar-refractivity contribution in [3.8, 4) is 0 Å². The van der Waals surface area contributed by atoms with Crippen LogP contribution < -0.4 is 11.1 Å². The molecule has 1 aromatic rings. The fourth-order valence-electron chi connectivity index (χ4n) is 2.70. The number of amides is 1. The molecule has 0 spiro atoms. The van der Waals surface area contributed by atoms with Crippen LogP contribution in [-0.4, -0.2) is 11.4 Å². The minimum Gasteiger partial charge on any atom is -0.371 e. The molecule has 98 valence electrons. The molecule has 0 saturated heterocycles. The monoisotopic (exact) mass is 310 g/mol. The molecule has 18 heavy (non-hydrogen) atoms. The van der Waals surface area contributed by atoms with Gasteiger partial charge in [-0.1, -0.05) is 29.3 Å². The molecule has 0 aliphatic heterocycles. The second kappa shape index (κ2) is 5.31. The SMILES string of the molecule is CCC1CCC(Nc2ccc(Br)cc2)(C(N)=O)C1. The van der Waals surface area contributed by atoms with Crippen LogP contribution in [0.4, 0.5) is 5.69 Å². The van der Waals surface area contributed by atoms with Gasteiger partial charge in [-0.3, -0.25) is 4.79 Å². The lowest BCUT2D eigenvalue weighted by atomic mass is 9.93. The van der Waals surface area contributed by atoms with Crippen molar-refractivity contribution >= 4 is 27.5 Å². The highest BCUT2D eigenvalue weighted by Gasteiger charge is 2.43. The molecule has 2 atom stereocenters. The van der Waals surface area contributed by atoms with Crippen LogP contribution in [-0.2, 0) is 4.79 Å². The lowest BCUT2D eigenvalue weighted by Crippen LogP contribution is -2.48. The van der Waals surface area contributed by atoms with Crippen LogP contribution in [0.3, 0.4) is 0 Å². The van der Waals surface area contributed by atoms with Crippen molar-refractivity contribution in [1.82, 2.24) is 0 Å². The van der Waals surface area contributed by atoms with Crippen molar-refractivity contribution in [2.75, 3.05) is 5.32 Å². The second-order valence-electron chi connectivity index (χ2n) is 5.10. The molecule has 2 rings (SSSR count). The predicted octanol–water partition coefficient (Wildman–Crippen LogP) is 3.30. The maximum absolute atomic E-state index is 11.8. The average Bonchev–Trinajstić information content (AvgIpc) is 2.77. The molecule has 1 aromatic carbocycles. The number of carbonyl (C=O) groups is 1. The zero-order chi connectivity index (χ0) is 13.2. The van der Waals surface area contributed by atoms with Crippen molar-refractivity contribution in [3.05, 3.63) is 28.7 Å². The first-order valence-electron chi connectivity index (χ1n) is 6.39. The standard InChI is InChI=1S/C14H19BrN2O/c1-2-10-7-8-14(9-10,13(16)18)17-12-5-3-11(15)4-6-12/h3-6,10,17H,2,7-9H2,1H3,(H2,16,18). The van der Waals surface area contributed by atoms with Crippen molar-refractivity contribution < 1.29 is 4.79 Å². The smallest absolute Gasteiger partial charge is 0.243 e. The molecule has 1 fully saturated rings. The molecular formula is C14H19BrN2O. The summed E-state index contributed by atoms with van der Waals surface area (Å²) in [4.78, 5) is 11.8. The first-order chi connectivity index (χ1) is 8.55. The van der Waals surface area contributed by atoms with E-state index in [0.29, 0.717) is 5.92 Å². The topological polar surface area (TPSA) is 55.1 Å². The summed E-state index contributed by atoms with van der Waals surface area (Å²) >= 11 is 3.40. The van der Waals surface area contributed by atoms with Gasteiger partial charge in [0.15, 0.2) is 0 Å². The van der Waals surface area contributed by atoms with Crippen LogP contribution >= 0.6 is 15.9 Å². The Kier molecular flexibility index (Phi) is 3.95. The number of hydrogen-bond donors (Lipinski definition) is 2. The summed E-state index contributed by atoms with van der Waals surface area (Å²) in [6, 6.07) is 7.86. The number of anilines is 1. The van der Waals surface area contributed by atoms with Gasteiger partial charge in [0.2, 0.25) is 5.91 Å². The lowest BCUT2D eigenvalue weighted by molar-refractivity contribution is -0.122. The Morgan fingerprint density at radius 1 is 1.50 bits per heavy atom. The van der Waals surface area contributed by atoms with Gasteiger partial charge in [-0.05, 0) is 49.4 Å². The Bertz CT molecular complexity index is 432. The molecule has 3 N–H and O–H groups in total. The van der Waals surface area contributed by atoms with Gasteiger partial charge < -0.3 is 11.1 Å². The van der Waals surface area contributed by atoms with E-state index in [9.17, 15) is 4.79 Å². The van der Waals surface area contributed by atoms with Crippen LogP contribution in [0.2, 0.25) is 0 Å². The van der Waals surface area contributed by atoms with Gasteiger partial charge in [-0.25, -0.2) is 0 Å². The van der Waals surface area contributed by atoms with E-state index in [-0.39, 0.29) is 5.91 Å². The number of hydrogen-bond acceptors (Lipinski definition) is 2. The van der Waals surface area contributed by atoms with Crippen LogP contribution in [0, 0.1) is 5.92 Å². The van der Waals surface area contributed by atoms with Crippen molar-refractivity contribution in [3.63, 3.8) is 0 Å². The van der Waals surface area contributed by atoms with Gasteiger partial charge in [-0.15, -0.1) is 0 Å². The van der Waals surface area contributed by atoms with E-state index in [1.54, 1.807) is 0 Å². The van der Waals surface area contributed by atoms with E-state index >= 15 is 0 Å². The highest BCUT2D eigenvalue weighted by Crippen LogP contribution is 2.38. The number of nitrogens with two attached hydrogens (primary N) is 1. The summed E-state index contributed by atoms with van der Waals surface area (Å²) in [6.45, 7) is 2.17. The van der Waals surface area contributed by atoms with Crippen LogP contribution in [0.1, 0.15) is 32.6 Å². The summed E-state index contributed by atoms with van der Waals surface area (Å²) < 4.78 is 1.03. The zero-order valence-corrected chi connectivity index (χ0v) is 12.2. The summed E-state index contributed by atoms with van der Waals surface area (Å²) in [5.41, 5.74) is 6.01. The van der Waals surface area contributed by atoms with E-state index in [2.05, 4.69) is 28.2 Å². The molecule has 0 heterocycles. The molecule has 1 saturated carbocycles. The average molecular weight is 311 g/mol. The number of primary amides is 1. The molecular weight excluding hydrogens is 292 g/mol. The molecule has 1 aliphatic carbocycles. The van der Waals surface area contributed by atoms with Crippen molar-refractivity contribution in [2.24, 2.45) is 11.7 Å². The summed E-state index contributed by atoms with van der Waals surface area (Å²) in [5, 5.41) is 3.35. The number of halogens is 1. The highest BCUT2D eigenvalue weighted by atomic mass is 79.9. The maximum atomic E-state index is 11.8. The van der Waals surface area contributed by atoms with Gasteiger partial charge in [0.1, 0.15) is 5.54 Å². The fourth-order valence-corrected chi connectivity index (χ4v) is 2.97. The van der Waals surface area contributed by atoms with Crippen LogP contribution in [0.5, 0.6) is 0 Å². The minimum absolute atomic E-state index is 0.235. The van der Waals surface area contributed by atoms with E-state index in [4.69, 9.17) is 5.73 Å². The first-order valence-corrected chi connectivity index (χ1v) is 7.19. The van der Waals surface area contributed by atoms with Gasteiger partial charge in [0.05, 0.1) is 0 Å².